The van der Waals surface area contributed by atoms with Crippen molar-refractivity contribution in [1.82, 2.24) is 9.78 Å². The van der Waals surface area contributed by atoms with E-state index in [4.69, 9.17) is 14.6 Å². The van der Waals surface area contributed by atoms with E-state index < -0.39 is 0 Å². The third-order valence-electron chi connectivity index (χ3n) is 6.37. The number of benzene rings is 2. The van der Waals surface area contributed by atoms with Gasteiger partial charge in [-0.2, -0.15) is 9.78 Å². The molecule has 0 N–H and O–H groups in total. The molecule has 3 heterocycles. The maximum atomic E-state index is 13.7. The van der Waals surface area contributed by atoms with Gasteiger partial charge < -0.3 is 19.3 Å². The van der Waals surface area contributed by atoms with E-state index in [1.807, 2.05) is 42.5 Å². The van der Waals surface area contributed by atoms with Crippen LogP contribution in [0, 0.1) is 4.91 Å². The van der Waals surface area contributed by atoms with Crippen LogP contribution in [0.2, 0.25) is 0 Å². The number of ether oxygens (including phenoxy) is 2. The van der Waals surface area contributed by atoms with Crippen LogP contribution in [0.25, 0.3) is 16.9 Å². The molecule has 0 bridgehead atoms. The fourth-order valence-corrected chi connectivity index (χ4v) is 4.53. The first-order valence-corrected chi connectivity index (χ1v) is 11.5. The van der Waals surface area contributed by atoms with Crippen LogP contribution in [-0.2, 0) is 4.74 Å². The number of methoxy groups -OCH3 is 1. The highest BCUT2D eigenvalue weighted by Crippen LogP contribution is 2.31. The summed E-state index contributed by atoms with van der Waals surface area (Å²) >= 11 is 0. The third-order valence-corrected chi connectivity index (χ3v) is 6.37. The minimum atomic E-state index is -0.266. The molecule has 176 valence electrons. The first kappa shape index (κ1) is 22.1. The molecular formula is C25H27N5O4. The van der Waals surface area contributed by atoms with Gasteiger partial charge in [0.1, 0.15) is 22.8 Å². The van der Waals surface area contributed by atoms with E-state index in [9.17, 15) is 9.70 Å². The topological polar surface area (TPSA) is 89.3 Å². The second-order valence-corrected chi connectivity index (χ2v) is 8.42. The van der Waals surface area contributed by atoms with Crippen LogP contribution in [0.1, 0.15) is 12.8 Å². The first-order chi connectivity index (χ1) is 16.7. The van der Waals surface area contributed by atoms with E-state index in [1.54, 1.807) is 13.2 Å². The van der Waals surface area contributed by atoms with Gasteiger partial charge in [-0.15, -0.1) is 4.91 Å². The summed E-state index contributed by atoms with van der Waals surface area (Å²) in [5.74, 6) is 0.698. The number of morpholine rings is 1. The first-order valence-electron chi connectivity index (χ1n) is 11.5. The highest BCUT2D eigenvalue weighted by atomic mass is 16.5. The number of anilines is 2. The summed E-state index contributed by atoms with van der Waals surface area (Å²) in [7, 11) is 1.61. The van der Waals surface area contributed by atoms with E-state index in [1.165, 1.54) is 4.68 Å². The minimum Gasteiger partial charge on any atom is -0.497 e. The lowest BCUT2D eigenvalue weighted by atomic mass is 10.1. The van der Waals surface area contributed by atoms with Crippen LogP contribution < -0.4 is 20.1 Å². The Balaban J connectivity index is 1.69. The van der Waals surface area contributed by atoms with E-state index >= 15 is 0 Å². The van der Waals surface area contributed by atoms with Crippen molar-refractivity contribution in [3.63, 3.8) is 0 Å². The number of nitrogens with zero attached hydrogens (tertiary/aromatic N) is 5. The van der Waals surface area contributed by atoms with Gasteiger partial charge >= 0.3 is 0 Å². The Morgan fingerprint density at radius 3 is 2.47 bits per heavy atom. The van der Waals surface area contributed by atoms with E-state index in [2.05, 4.69) is 15.0 Å². The Morgan fingerprint density at radius 2 is 1.74 bits per heavy atom. The molecule has 0 aliphatic carbocycles. The molecule has 0 amide bonds. The maximum absolute atomic E-state index is 13.7. The summed E-state index contributed by atoms with van der Waals surface area (Å²) in [5, 5.41) is 7.90. The average molecular weight is 462 g/mol. The van der Waals surface area contributed by atoms with Crippen LogP contribution in [0.3, 0.4) is 0 Å². The van der Waals surface area contributed by atoms with Gasteiger partial charge in [-0.25, -0.2) is 0 Å². The summed E-state index contributed by atoms with van der Waals surface area (Å²) in [5.41, 5.74) is 3.17. The van der Waals surface area contributed by atoms with Gasteiger partial charge in [0.2, 0.25) is 0 Å². The third kappa shape index (κ3) is 4.26. The normalized spacial score (nSPS) is 16.0. The molecule has 0 saturated carbocycles. The largest absolute Gasteiger partial charge is 0.497 e. The summed E-state index contributed by atoms with van der Waals surface area (Å²) in [6.07, 6.45) is 2.06. The maximum Gasteiger partial charge on any atom is 0.295 e. The van der Waals surface area contributed by atoms with Gasteiger partial charge in [0.25, 0.3) is 5.56 Å². The van der Waals surface area contributed by atoms with Gasteiger partial charge in [-0.1, -0.05) is 12.1 Å². The van der Waals surface area contributed by atoms with Crippen LogP contribution in [0.5, 0.6) is 5.75 Å². The van der Waals surface area contributed by atoms with E-state index in [0.29, 0.717) is 36.0 Å². The van der Waals surface area contributed by atoms with Crippen molar-refractivity contribution in [3.05, 3.63) is 63.8 Å². The lowest BCUT2D eigenvalue weighted by Crippen LogP contribution is -2.36. The molecule has 0 atom stereocenters. The number of hydrogen-bond donors (Lipinski definition) is 0. The van der Waals surface area contributed by atoms with Crippen molar-refractivity contribution in [1.29, 1.82) is 0 Å². The predicted molar refractivity (Wildman–Crippen MR) is 132 cm³/mol. The molecule has 2 aliphatic rings. The second-order valence-electron chi connectivity index (χ2n) is 8.42. The molecule has 9 nitrogen and oxygen atoms in total. The molecule has 5 rings (SSSR count). The SMILES string of the molecule is COc1cccc(-c2cc(N3CCCC3)c(=O)n(-c3cc(N4CCOCC4)ccc3N=O)n2)c1. The smallest absolute Gasteiger partial charge is 0.295 e. The lowest BCUT2D eigenvalue weighted by molar-refractivity contribution is 0.122. The Hall–Kier alpha value is -3.72. The highest BCUT2D eigenvalue weighted by Gasteiger charge is 2.22. The summed E-state index contributed by atoms with van der Waals surface area (Å²) in [6.45, 7) is 4.35. The van der Waals surface area contributed by atoms with Crippen LogP contribution in [0.15, 0.2) is 58.5 Å². The minimum absolute atomic E-state index is 0.168. The molecule has 0 spiro atoms. The number of nitroso groups, excluding NO2 is 1. The highest BCUT2D eigenvalue weighted by molar-refractivity contribution is 5.69. The Morgan fingerprint density at radius 1 is 0.941 bits per heavy atom. The Bertz CT molecular complexity index is 1250. The second kappa shape index (κ2) is 9.64. The van der Waals surface area contributed by atoms with Crippen LogP contribution in [-0.4, -0.2) is 56.3 Å². The summed E-state index contributed by atoms with van der Waals surface area (Å²) < 4.78 is 12.2. The molecular weight excluding hydrogens is 434 g/mol. The van der Waals surface area contributed by atoms with E-state index in [0.717, 1.165) is 50.3 Å². The van der Waals surface area contributed by atoms with Crippen molar-refractivity contribution < 1.29 is 9.47 Å². The number of aromatic nitrogens is 2. The molecule has 1 aromatic heterocycles. The van der Waals surface area contributed by atoms with Crippen molar-refractivity contribution in [3.8, 4) is 22.7 Å². The zero-order valence-corrected chi connectivity index (χ0v) is 19.1. The summed E-state index contributed by atoms with van der Waals surface area (Å²) in [4.78, 5) is 29.7. The molecule has 2 fully saturated rings. The molecule has 9 heteroatoms. The van der Waals surface area contributed by atoms with Gasteiger partial charge in [0, 0.05) is 37.4 Å². The number of rotatable bonds is 6. The fourth-order valence-electron chi connectivity index (χ4n) is 4.53. The molecule has 0 radical (unpaired) electrons. The Labute approximate surface area is 197 Å². The average Bonchev–Trinajstić information content (AvgIpc) is 3.44. The van der Waals surface area contributed by atoms with Crippen molar-refractivity contribution in [2.24, 2.45) is 5.18 Å². The zero-order chi connectivity index (χ0) is 23.5. The zero-order valence-electron chi connectivity index (χ0n) is 19.1. The molecule has 2 saturated heterocycles. The summed E-state index contributed by atoms with van der Waals surface area (Å²) in [6, 6.07) is 14.7. The van der Waals surface area contributed by atoms with E-state index in [-0.39, 0.29) is 11.2 Å². The van der Waals surface area contributed by atoms with Gasteiger partial charge in [0.05, 0.1) is 26.0 Å². The van der Waals surface area contributed by atoms with Crippen molar-refractivity contribution in [2.45, 2.75) is 12.8 Å². The molecule has 2 aromatic carbocycles. The Kier molecular flexibility index (Phi) is 6.27. The van der Waals surface area contributed by atoms with Crippen LogP contribution >= 0.6 is 0 Å². The standard InChI is InChI=1S/C25H27N5O4/c1-33-20-6-4-5-18(15-20)22-17-24(29-9-2-3-10-29)25(31)30(26-22)23-16-19(7-8-21(23)27-32)28-11-13-34-14-12-28/h4-8,15-17H,2-3,9-14H2,1H3. The van der Waals surface area contributed by atoms with Gasteiger partial charge in [-0.05, 0) is 54.4 Å². The predicted octanol–water partition coefficient (Wildman–Crippen LogP) is 3.74. The fraction of sp³-hybridized carbons (Fsp3) is 0.360. The van der Waals surface area contributed by atoms with Crippen molar-refractivity contribution in [2.75, 3.05) is 56.3 Å². The number of hydrogen-bond acceptors (Lipinski definition) is 8. The lowest BCUT2D eigenvalue weighted by Gasteiger charge is -2.29. The molecule has 34 heavy (non-hydrogen) atoms. The quantitative estimate of drug-likeness (QED) is 0.517. The van der Waals surface area contributed by atoms with Crippen molar-refractivity contribution >= 4 is 17.1 Å². The molecule has 3 aromatic rings. The van der Waals surface area contributed by atoms with Gasteiger partial charge in [0.15, 0.2) is 0 Å². The monoisotopic (exact) mass is 461 g/mol. The van der Waals surface area contributed by atoms with Gasteiger partial charge in [-0.3, -0.25) is 4.79 Å². The van der Waals surface area contributed by atoms with Crippen LogP contribution in [0.4, 0.5) is 17.1 Å². The molecule has 2 aliphatic heterocycles. The molecule has 0 unspecified atom stereocenters.